The first-order valence-corrected chi connectivity index (χ1v) is 5.04. The van der Waals surface area contributed by atoms with Crippen LogP contribution >= 0.6 is 12.4 Å². The molecule has 0 saturated carbocycles. The molecule has 1 aromatic carbocycles. The summed E-state index contributed by atoms with van der Waals surface area (Å²) in [6, 6.07) is 4.86. The van der Waals surface area contributed by atoms with Crippen LogP contribution in [0.2, 0.25) is 0 Å². The maximum atomic E-state index is 6.07. The number of hydrogen-bond acceptors (Lipinski definition) is 1. The molecule has 1 aromatic rings. The van der Waals surface area contributed by atoms with Gasteiger partial charge < -0.3 is 5.73 Å². The zero-order valence-electron chi connectivity index (χ0n) is 8.84. The van der Waals surface area contributed by atoms with Crippen LogP contribution in [0.15, 0.2) is 12.1 Å². The third-order valence-electron chi connectivity index (χ3n) is 3.12. The van der Waals surface area contributed by atoms with Gasteiger partial charge in [-0.25, -0.2) is 0 Å². The van der Waals surface area contributed by atoms with E-state index < -0.39 is 0 Å². The van der Waals surface area contributed by atoms with Crippen LogP contribution in [0.3, 0.4) is 0 Å². The Kier molecular flexibility index (Phi) is 3.57. The Morgan fingerprint density at radius 2 is 1.86 bits per heavy atom. The van der Waals surface area contributed by atoms with E-state index in [9.17, 15) is 0 Å². The average molecular weight is 212 g/mol. The second-order valence-electron chi connectivity index (χ2n) is 4.13. The van der Waals surface area contributed by atoms with Crippen LogP contribution in [0.25, 0.3) is 0 Å². The van der Waals surface area contributed by atoms with Crippen molar-refractivity contribution in [3.63, 3.8) is 0 Å². The number of rotatable bonds is 0. The first-order chi connectivity index (χ1) is 6.18. The molecular weight excluding hydrogens is 194 g/mol. The lowest BCUT2D eigenvalue weighted by Crippen LogP contribution is -2.17. The molecule has 0 aromatic heterocycles. The van der Waals surface area contributed by atoms with Crippen molar-refractivity contribution in [2.24, 2.45) is 5.73 Å². The summed E-state index contributed by atoms with van der Waals surface area (Å²) >= 11 is 0. The summed E-state index contributed by atoms with van der Waals surface area (Å²) in [4.78, 5) is 0. The molecule has 2 rings (SSSR count). The summed E-state index contributed by atoms with van der Waals surface area (Å²) in [5.41, 5.74) is 11.7. The minimum absolute atomic E-state index is 0. The highest BCUT2D eigenvalue weighted by Gasteiger charge is 2.16. The number of halogens is 1. The molecule has 2 N–H and O–H groups in total. The van der Waals surface area contributed by atoms with Gasteiger partial charge in [-0.3, -0.25) is 0 Å². The Bertz CT molecular complexity index is 333. The molecule has 0 aliphatic heterocycles. The van der Waals surface area contributed by atoms with Crippen LogP contribution in [0.5, 0.6) is 0 Å². The monoisotopic (exact) mass is 211 g/mol. The Morgan fingerprint density at radius 3 is 2.57 bits per heavy atom. The molecule has 14 heavy (non-hydrogen) atoms. The minimum atomic E-state index is 0. The maximum absolute atomic E-state index is 6.07. The normalized spacial score (nSPS) is 19.8. The summed E-state index contributed by atoms with van der Waals surface area (Å²) < 4.78 is 0. The summed E-state index contributed by atoms with van der Waals surface area (Å²) in [5.74, 6) is 0. The van der Waals surface area contributed by atoms with Crippen molar-refractivity contribution in [2.45, 2.75) is 39.2 Å². The Hall–Kier alpha value is -0.530. The molecule has 78 valence electrons. The molecule has 0 fully saturated rings. The zero-order valence-corrected chi connectivity index (χ0v) is 9.66. The summed E-state index contributed by atoms with van der Waals surface area (Å²) in [6.07, 6.45) is 3.61. The van der Waals surface area contributed by atoms with Crippen molar-refractivity contribution >= 4 is 12.4 Å². The highest BCUT2D eigenvalue weighted by atomic mass is 35.5. The lowest BCUT2D eigenvalue weighted by molar-refractivity contribution is 0.569. The predicted octanol–water partition coefficient (Wildman–Crippen LogP) is 3.06. The van der Waals surface area contributed by atoms with Crippen molar-refractivity contribution < 1.29 is 0 Å². The van der Waals surface area contributed by atoms with Crippen LogP contribution in [0.4, 0.5) is 0 Å². The second kappa shape index (κ2) is 4.33. The molecule has 0 radical (unpaired) electrons. The molecule has 1 aliphatic carbocycles. The van der Waals surface area contributed by atoms with Gasteiger partial charge in [0.05, 0.1) is 0 Å². The second-order valence-corrected chi connectivity index (χ2v) is 4.13. The SMILES string of the molecule is Cc1cc2c(cc1C)[C@H](N)CCC2.Cl. The van der Waals surface area contributed by atoms with Crippen molar-refractivity contribution in [1.82, 2.24) is 0 Å². The zero-order chi connectivity index (χ0) is 9.42. The van der Waals surface area contributed by atoms with Crippen molar-refractivity contribution in [1.29, 1.82) is 0 Å². The number of hydrogen-bond donors (Lipinski definition) is 1. The maximum Gasteiger partial charge on any atom is 0.0297 e. The van der Waals surface area contributed by atoms with Gasteiger partial charge in [0.1, 0.15) is 0 Å². The van der Waals surface area contributed by atoms with Crippen LogP contribution in [0.1, 0.15) is 41.1 Å². The molecular formula is C12H18ClN. The molecule has 0 saturated heterocycles. The fraction of sp³-hybridized carbons (Fsp3) is 0.500. The number of benzene rings is 1. The van der Waals surface area contributed by atoms with Crippen molar-refractivity contribution in [2.75, 3.05) is 0 Å². The van der Waals surface area contributed by atoms with Gasteiger partial charge in [-0.2, -0.15) is 0 Å². The van der Waals surface area contributed by atoms with E-state index >= 15 is 0 Å². The molecule has 1 aliphatic rings. The van der Waals surface area contributed by atoms with E-state index in [-0.39, 0.29) is 18.4 Å². The lowest BCUT2D eigenvalue weighted by Gasteiger charge is -2.23. The van der Waals surface area contributed by atoms with Crippen molar-refractivity contribution in [3.05, 3.63) is 34.4 Å². The smallest absolute Gasteiger partial charge is 0.0297 e. The predicted molar refractivity (Wildman–Crippen MR) is 63.0 cm³/mol. The van der Waals surface area contributed by atoms with Gasteiger partial charge in [-0.1, -0.05) is 12.1 Å². The fourth-order valence-corrected chi connectivity index (χ4v) is 2.13. The molecule has 2 heteroatoms. The minimum Gasteiger partial charge on any atom is -0.324 e. The molecule has 0 unspecified atom stereocenters. The van der Waals surface area contributed by atoms with Gasteiger partial charge in [0.25, 0.3) is 0 Å². The van der Waals surface area contributed by atoms with E-state index in [1.807, 2.05) is 0 Å². The highest BCUT2D eigenvalue weighted by Crippen LogP contribution is 2.29. The van der Waals surface area contributed by atoms with Crippen LogP contribution in [-0.4, -0.2) is 0 Å². The van der Waals surface area contributed by atoms with E-state index in [1.54, 1.807) is 0 Å². The molecule has 0 amide bonds. The Labute approximate surface area is 92.1 Å². The van der Waals surface area contributed by atoms with Crippen molar-refractivity contribution in [3.8, 4) is 0 Å². The van der Waals surface area contributed by atoms with Gasteiger partial charge in [0.15, 0.2) is 0 Å². The van der Waals surface area contributed by atoms with E-state index in [1.165, 1.54) is 35.1 Å². The lowest BCUT2D eigenvalue weighted by atomic mass is 9.86. The number of nitrogens with two attached hydrogens (primary N) is 1. The number of aryl methyl sites for hydroxylation is 3. The summed E-state index contributed by atoms with van der Waals surface area (Å²) in [5, 5.41) is 0. The topological polar surface area (TPSA) is 26.0 Å². The standard InChI is InChI=1S/C12H17N.ClH/c1-8-6-10-4-3-5-12(13)11(10)7-9(8)2;/h6-7,12H,3-5,13H2,1-2H3;1H/t12-;/m1./s1. The average Bonchev–Trinajstić information content (AvgIpc) is 2.09. The third kappa shape index (κ3) is 1.94. The van der Waals surface area contributed by atoms with Gasteiger partial charge in [0, 0.05) is 6.04 Å². The first-order valence-electron chi connectivity index (χ1n) is 5.04. The van der Waals surface area contributed by atoms with Gasteiger partial charge >= 0.3 is 0 Å². The largest absolute Gasteiger partial charge is 0.324 e. The van der Waals surface area contributed by atoms with E-state index in [4.69, 9.17) is 5.73 Å². The van der Waals surface area contributed by atoms with Crippen LogP contribution in [0, 0.1) is 13.8 Å². The number of fused-ring (bicyclic) bond motifs is 1. The van der Waals surface area contributed by atoms with Gasteiger partial charge in [-0.05, 0) is 55.4 Å². The van der Waals surface area contributed by atoms with Gasteiger partial charge in [-0.15, -0.1) is 12.4 Å². The Balaban J connectivity index is 0.000000980. The fourth-order valence-electron chi connectivity index (χ4n) is 2.13. The van der Waals surface area contributed by atoms with E-state index in [0.29, 0.717) is 0 Å². The molecule has 0 bridgehead atoms. The molecule has 0 spiro atoms. The summed E-state index contributed by atoms with van der Waals surface area (Å²) in [6.45, 7) is 4.34. The van der Waals surface area contributed by atoms with Crippen LogP contribution < -0.4 is 5.73 Å². The van der Waals surface area contributed by atoms with Crippen LogP contribution in [-0.2, 0) is 6.42 Å². The third-order valence-corrected chi connectivity index (χ3v) is 3.12. The molecule has 1 atom stereocenters. The van der Waals surface area contributed by atoms with E-state index in [2.05, 4.69) is 26.0 Å². The summed E-state index contributed by atoms with van der Waals surface area (Å²) in [7, 11) is 0. The molecule has 1 nitrogen and oxygen atoms in total. The van der Waals surface area contributed by atoms with E-state index in [0.717, 1.165) is 6.42 Å². The molecule has 0 heterocycles. The Morgan fingerprint density at radius 1 is 1.21 bits per heavy atom. The van der Waals surface area contributed by atoms with Gasteiger partial charge in [0.2, 0.25) is 0 Å². The quantitative estimate of drug-likeness (QED) is 0.702. The highest BCUT2D eigenvalue weighted by molar-refractivity contribution is 5.85. The first kappa shape index (κ1) is 11.5.